The van der Waals surface area contributed by atoms with Crippen molar-refractivity contribution < 1.29 is 4.74 Å². The van der Waals surface area contributed by atoms with E-state index in [0.717, 1.165) is 25.2 Å². The third kappa shape index (κ3) is 2.66. The van der Waals surface area contributed by atoms with E-state index in [-0.39, 0.29) is 5.54 Å². The van der Waals surface area contributed by atoms with Crippen molar-refractivity contribution in [2.24, 2.45) is 0 Å². The Morgan fingerprint density at radius 3 is 2.53 bits per heavy atom. The van der Waals surface area contributed by atoms with E-state index >= 15 is 0 Å². The summed E-state index contributed by atoms with van der Waals surface area (Å²) in [5, 5.41) is 3.45. The van der Waals surface area contributed by atoms with Crippen LogP contribution in [0.2, 0.25) is 0 Å². The second kappa shape index (κ2) is 5.40. The molecule has 0 spiro atoms. The molecule has 0 saturated carbocycles. The average Bonchev–Trinajstić information content (AvgIpc) is 2.85. The van der Waals surface area contributed by atoms with Gasteiger partial charge in [-0.25, -0.2) is 0 Å². The van der Waals surface area contributed by atoms with Crippen LogP contribution < -0.4 is 5.32 Å². The molecule has 0 bridgehead atoms. The smallest absolute Gasteiger partial charge is 0.111 e. The van der Waals surface area contributed by atoms with Crippen LogP contribution in [-0.4, -0.2) is 43.2 Å². The van der Waals surface area contributed by atoms with Crippen molar-refractivity contribution in [2.45, 2.75) is 51.1 Å². The molecule has 1 unspecified atom stereocenters. The Bertz CT molecular complexity index is 280. The van der Waals surface area contributed by atoms with E-state index in [9.17, 15) is 0 Å². The standard InChI is InChI=1S/C14H26N2O/c1-14(2,16-9-5-6-10-16)13(15-3)12-8-4-7-11-17-12/h8,13,15H,4-7,9-11H2,1-3H3. The molecule has 3 nitrogen and oxygen atoms in total. The molecule has 2 aliphatic rings. The van der Waals surface area contributed by atoms with Crippen molar-refractivity contribution in [3.8, 4) is 0 Å². The van der Waals surface area contributed by atoms with E-state index in [1.54, 1.807) is 0 Å². The summed E-state index contributed by atoms with van der Waals surface area (Å²) in [4.78, 5) is 2.59. The van der Waals surface area contributed by atoms with Crippen LogP contribution in [0.15, 0.2) is 11.8 Å². The molecule has 0 amide bonds. The van der Waals surface area contributed by atoms with Gasteiger partial charge in [0.15, 0.2) is 0 Å². The van der Waals surface area contributed by atoms with Crippen LogP contribution in [-0.2, 0) is 4.74 Å². The Morgan fingerprint density at radius 2 is 2.00 bits per heavy atom. The highest BCUT2D eigenvalue weighted by Gasteiger charge is 2.39. The van der Waals surface area contributed by atoms with Gasteiger partial charge in [0.2, 0.25) is 0 Å². The van der Waals surface area contributed by atoms with Crippen LogP contribution >= 0.6 is 0 Å². The zero-order chi connectivity index (χ0) is 12.3. The third-order valence-electron chi connectivity index (χ3n) is 4.16. The molecule has 0 aromatic heterocycles. The molecule has 0 radical (unpaired) electrons. The van der Waals surface area contributed by atoms with Crippen LogP contribution in [0.25, 0.3) is 0 Å². The van der Waals surface area contributed by atoms with Crippen molar-refractivity contribution >= 4 is 0 Å². The predicted octanol–water partition coefficient (Wildman–Crippen LogP) is 2.14. The van der Waals surface area contributed by atoms with E-state index in [1.807, 2.05) is 7.05 Å². The topological polar surface area (TPSA) is 24.5 Å². The summed E-state index contributed by atoms with van der Waals surface area (Å²) in [5.41, 5.74) is 0.133. The van der Waals surface area contributed by atoms with Gasteiger partial charge >= 0.3 is 0 Å². The Labute approximate surface area is 105 Å². The fourth-order valence-electron chi connectivity index (χ4n) is 3.10. The second-order valence-electron chi connectivity index (χ2n) is 5.67. The monoisotopic (exact) mass is 238 g/mol. The molecule has 0 aliphatic carbocycles. The number of hydrogen-bond donors (Lipinski definition) is 1. The highest BCUT2D eigenvalue weighted by atomic mass is 16.5. The van der Waals surface area contributed by atoms with Gasteiger partial charge in [0, 0.05) is 5.54 Å². The van der Waals surface area contributed by atoms with Gasteiger partial charge in [-0.05, 0) is 65.7 Å². The number of likely N-dealkylation sites (N-methyl/N-ethyl adjacent to an activating group) is 1. The van der Waals surface area contributed by atoms with Crippen molar-refractivity contribution in [2.75, 3.05) is 26.7 Å². The molecular formula is C14H26N2O. The Balaban J connectivity index is 2.12. The first-order chi connectivity index (χ1) is 8.16. The first-order valence-corrected chi connectivity index (χ1v) is 6.91. The first-order valence-electron chi connectivity index (χ1n) is 6.91. The number of nitrogens with zero attached hydrogens (tertiary/aromatic N) is 1. The SMILES string of the molecule is CNC(C1=CCCCO1)C(C)(C)N1CCCC1. The van der Waals surface area contributed by atoms with Gasteiger partial charge in [-0.2, -0.15) is 0 Å². The lowest BCUT2D eigenvalue weighted by Crippen LogP contribution is -2.57. The van der Waals surface area contributed by atoms with Gasteiger partial charge in [-0.3, -0.25) is 4.90 Å². The number of rotatable bonds is 4. The normalized spacial score (nSPS) is 24.3. The summed E-state index contributed by atoms with van der Waals surface area (Å²) in [5.74, 6) is 1.15. The summed E-state index contributed by atoms with van der Waals surface area (Å²) >= 11 is 0. The zero-order valence-electron chi connectivity index (χ0n) is 11.5. The fraction of sp³-hybridized carbons (Fsp3) is 0.857. The van der Waals surface area contributed by atoms with Crippen LogP contribution in [0, 0.1) is 0 Å². The van der Waals surface area contributed by atoms with E-state index < -0.39 is 0 Å². The van der Waals surface area contributed by atoms with Crippen LogP contribution in [0.5, 0.6) is 0 Å². The molecule has 1 saturated heterocycles. The van der Waals surface area contributed by atoms with Gasteiger partial charge in [0.1, 0.15) is 5.76 Å². The molecule has 2 heterocycles. The van der Waals surface area contributed by atoms with Gasteiger partial charge in [-0.15, -0.1) is 0 Å². The number of nitrogens with one attached hydrogen (secondary N) is 1. The summed E-state index contributed by atoms with van der Waals surface area (Å²) in [6.07, 6.45) is 7.25. The quantitative estimate of drug-likeness (QED) is 0.812. The molecule has 0 aromatic rings. The summed E-state index contributed by atoms with van der Waals surface area (Å²) in [7, 11) is 2.04. The van der Waals surface area contributed by atoms with Gasteiger partial charge in [-0.1, -0.05) is 0 Å². The lowest BCUT2D eigenvalue weighted by atomic mass is 9.90. The molecule has 2 rings (SSSR count). The van der Waals surface area contributed by atoms with Crippen LogP contribution in [0.4, 0.5) is 0 Å². The van der Waals surface area contributed by atoms with Crippen molar-refractivity contribution in [1.82, 2.24) is 10.2 Å². The highest BCUT2D eigenvalue weighted by Crippen LogP contribution is 2.29. The number of ether oxygens (including phenoxy) is 1. The summed E-state index contributed by atoms with van der Waals surface area (Å²) in [6.45, 7) is 7.98. The molecule has 17 heavy (non-hydrogen) atoms. The number of hydrogen-bond acceptors (Lipinski definition) is 3. The molecule has 1 fully saturated rings. The van der Waals surface area contributed by atoms with Crippen molar-refractivity contribution in [1.29, 1.82) is 0 Å². The first kappa shape index (κ1) is 12.9. The minimum absolute atomic E-state index is 0.133. The molecule has 1 atom stereocenters. The van der Waals surface area contributed by atoms with Crippen LogP contribution in [0.3, 0.4) is 0 Å². The van der Waals surface area contributed by atoms with E-state index in [4.69, 9.17) is 4.74 Å². The maximum atomic E-state index is 5.85. The minimum Gasteiger partial charge on any atom is -0.497 e. The molecule has 3 heteroatoms. The fourth-order valence-corrected chi connectivity index (χ4v) is 3.10. The van der Waals surface area contributed by atoms with Gasteiger partial charge in [0.05, 0.1) is 12.6 Å². The van der Waals surface area contributed by atoms with Crippen molar-refractivity contribution in [3.63, 3.8) is 0 Å². The van der Waals surface area contributed by atoms with E-state index in [1.165, 1.54) is 25.9 Å². The molecule has 98 valence electrons. The van der Waals surface area contributed by atoms with E-state index in [0.29, 0.717) is 6.04 Å². The lowest BCUT2D eigenvalue weighted by molar-refractivity contribution is 0.0776. The van der Waals surface area contributed by atoms with Gasteiger partial charge < -0.3 is 10.1 Å². The third-order valence-corrected chi connectivity index (χ3v) is 4.16. The summed E-state index contributed by atoms with van der Waals surface area (Å²) in [6, 6.07) is 0.306. The molecule has 1 N–H and O–H groups in total. The van der Waals surface area contributed by atoms with Crippen molar-refractivity contribution in [3.05, 3.63) is 11.8 Å². The average molecular weight is 238 g/mol. The summed E-state index contributed by atoms with van der Waals surface area (Å²) < 4.78 is 5.85. The zero-order valence-corrected chi connectivity index (χ0v) is 11.5. The Kier molecular flexibility index (Phi) is 4.10. The molecule has 2 aliphatic heterocycles. The maximum absolute atomic E-state index is 5.85. The highest BCUT2D eigenvalue weighted by molar-refractivity contribution is 5.14. The minimum atomic E-state index is 0.133. The predicted molar refractivity (Wildman–Crippen MR) is 71.0 cm³/mol. The maximum Gasteiger partial charge on any atom is 0.111 e. The lowest BCUT2D eigenvalue weighted by Gasteiger charge is -2.43. The molecule has 0 aromatic carbocycles. The Hall–Kier alpha value is -0.540. The number of likely N-dealkylation sites (tertiary alicyclic amines) is 1. The van der Waals surface area contributed by atoms with Gasteiger partial charge in [0.25, 0.3) is 0 Å². The number of allylic oxidation sites excluding steroid dienone is 1. The Morgan fingerprint density at radius 1 is 1.29 bits per heavy atom. The molecular weight excluding hydrogens is 212 g/mol. The van der Waals surface area contributed by atoms with E-state index in [2.05, 4.69) is 30.1 Å². The second-order valence-corrected chi connectivity index (χ2v) is 5.67. The van der Waals surface area contributed by atoms with Crippen LogP contribution in [0.1, 0.15) is 39.5 Å². The largest absolute Gasteiger partial charge is 0.497 e.